The van der Waals surface area contributed by atoms with E-state index in [0.717, 1.165) is 62.8 Å². The Balaban J connectivity index is 1.16. The molecule has 0 aromatic heterocycles. The number of anilines is 1. The Hall–Kier alpha value is -3.10. The SMILES string of the molecule is CCCCOc1ccc(N2C(=O)C[C@@H](N3CCN(Cc4ccc5c(c4)OCO5)CC3)C2=O)cc1. The van der Waals surface area contributed by atoms with Crippen molar-refractivity contribution in [3.63, 3.8) is 0 Å². The van der Waals surface area contributed by atoms with Crippen LogP contribution in [0.15, 0.2) is 42.5 Å². The summed E-state index contributed by atoms with van der Waals surface area (Å²) in [6.07, 6.45) is 2.30. The molecule has 0 radical (unpaired) electrons. The van der Waals surface area contributed by atoms with Crippen LogP contribution >= 0.6 is 0 Å². The number of ether oxygens (including phenoxy) is 3. The molecule has 3 heterocycles. The Morgan fingerprint density at radius 2 is 1.74 bits per heavy atom. The van der Waals surface area contributed by atoms with Gasteiger partial charge in [0.25, 0.3) is 5.91 Å². The summed E-state index contributed by atoms with van der Waals surface area (Å²) in [7, 11) is 0. The average molecular weight is 466 g/mol. The van der Waals surface area contributed by atoms with E-state index < -0.39 is 0 Å². The quantitative estimate of drug-likeness (QED) is 0.438. The average Bonchev–Trinajstić information content (AvgIpc) is 3.44. The van der Waals surface area contributed by atoms with E-state index in [2.05, 4.69) is 22.8 Å². The molecule has 1 atom stereocenters. The Kier molecular flexibility index (Phi) is 6.69. The lowest BCUT2D eigenvalue weighted by atomic mass is 10.1. The molecular weight excluding hydrogens is 434 g/mol. The lowest BCUT2D eigenvalue weighted by Gasteiger charge is -2.37. The molecule has 34 heavy (non-hydrogen) atoms. The van der Waals surface area contributed by atoms with Crippen molar-refractivity contribution in [1.29, 1.82) is 0 Å². The summed E-state index contributed by atoms with van der Waals surface area (Å²) < 4.78 is 16.6. The molecule has 3 aliphatic rings. The second kappa shape index (κ2) is 10.0. The van der Waals surface area contributed by atoms with Gasteiger partial charge in [0.15, 0.2) is 11.5 Å². The van der Waals surface area contributed by atoms with Crippen LogP contribution in [-0.2, 0) is 16.1 Å². The van der Waals surface area contributed by atoms with Crippen molar-refractivity contribution in [1.82, 2.24) is 9.80 Å². The van der Waals surface area contributed by atoms with Crippen molar-refractivity contribution in [2.24, 2.45) is 0 Å². The van der Waals surface area contributed by atoms with Crippen LogP contribution < -0.4 is 19.1 Å². The van der Waals surface area contributed by atoms with Crippen molar-refractivity contribution in [2.75, 3.05) is 44.5 Å². The van der Waals surface area contributed by atoms with Gasteiger partial charge in [0.2, 0.25) is 12.7 Å². The van der Waals surface area contributed by atoms with Crippen LogP contribution in [0.1, 0.15) is 31.7 Å². The monoisotopic (exact) mass is 465 g/mol. The molecule has 2 amide bonds. The second-order valence-electron chi connectivity index (χ2n) is 8.98. The minimum absolute atomic E-state index is 0.131. The molecule has 2 saturated heterocycles. The molecule has 2 aromatic carbocycles. The first kappa shape index (κ1) is 22.7. The molecule has 8 nitrogen and oxygen atoms in total. The smallest absolute Gasteiger partial charge is 0.251 e. The molecule has 0 bridgehead atoms. The summed E-state index contributed by atoms with van der Waals surface area (Å²) in [4.78, 5) is 31.8. The lowest BCUT2D eigenvalue weighted by Crippen LogP contribution is -2.52. The largest absolute Gasteiger partial charge is 0.494 e. The van der Waals surface area contributed by atoms with Crippen LogP contribution in [0.5, 0.6) is 17.2 Å². The highest BCUT2D eigenvalue weighted by atomic mass is 16.7. The maximum Gasteiger partial charge on any atom is 0.251 e. The molecule has 2 fully saturated rings. The van der Waals surface area contributed by atoms with Crippen molar-refractivity contribution in [3.8, 4) is 17.2 Å². The molecule has 180 valence electrons. The van der Waals surface area contributed by atoms with Crippen LogP contribution in [0.4, 0.5) is 5.69 Å². The molecule has 0 N–H and O–H groups in total. The number of hydrogen-bond donors (Lipinski definition) is 0. The second-order valence-corrected chi connectivity index (χ2v) is 8.98. The van der Waals surface area contributed by atoms with Crippen molar-refractivity contribution >= 4 is 17.5 Å². The van der Waals surface area contributed by atoms with E-state index in [1.165, 1.54) is 10.5 Å². The summed E-state index contributed by atoms with van der Waals surface area (Å²) in [5, 5.41) is 0. The number of hydrogen-bond acceptors (Lipinski definition) is 7. The first-order valence-electron chi connectivity index (χ1n) is 12.1. The zero-order valence-electron chi connectivity index (χ0n) is 19.6. The maximum atomic E-state index is 13.2. The van der Waals surface area contributed by atoms with Gasteiger partial charge < -0.3 is 14.2 Å². The zero-order valence-corrected chi connectivity index (χ0v) is 19.6. The molecule has 5 rings (SSSR count). The van der Waals surface area contributed by atoms with E-state index >= 15 is 0 Å². The number of fused-ring (bicyclic) bond motifs is 1. The van der Waals surface area contributed by atoms with Gasteiger partial charge in [-0.05, 0) is 48.4 Å². The van der Waals surface area contributed by atoms with Gasteiger partial charge in [-0.2, -0.15) is 0 Å². The van der Waals surface area contributed by atoms with Crippen LogP contribution in [0.25, 0.3) is 0 Å². The Morgan fingerprint density at radius 3 is 2.50 bits per heavy atom. The summed E-state index contributed by atoms with van der Waals surface area (Å²) in [5.41, 5.74) is 1.79. The number of imide groups is 1. The maximum absolute atomic E-state index is 13.2. The normalized spacial score (nSPS) is 20.9. The van der Waals surface area contributed by atoms with Crippen molar-refractivity contribution in [3.05, 3.63) is 48.0 Å². The Morgan fingerprint density at radius 1 is 0.971 bits per heavy atom. The highest BCUT2D eigenvalue weighted by molar-refractivity contribution is 6.22. The van der Waals surface area contributed by atoms with E-state index in [4.69, 9.17) is 14.2 Å². The van der Waals surface area contributed by atoms with Crippen LogP contribution in [0.2, 0.25) is 0 Å². The number of unbranched alkanes of at least 4 members (excludes halogenated alkanes) is 1. The van der Waals surface area contributed by atoms with E-state index in [1.807, 2.05) is 24.3 Å². The van der Waals surface area contributed by atoms with E-state index in [-0.39, 0.29) is 31.1 Å². The molecular formula is C26H31N3O5. The molecule has 8 heteroatoms. The fourth-order valence-corrected chi connectivity index (χ4v) is 4.73. The number of nitrogens with zero attached hydrogens (tertiary/aromatic N) is 3. The van der Waals surface area contributed by atoms with Gasteiger partial charge in [-0.3, -0.25) is 19.4 Å². The molecule has 0 saturated carbocycles. The fourth-order valence-electron chi connectivity index (χ4n) is 4.73. The van der Waals surface area contributed by atoms with Crippen LogP contribution in [0.3, 0.4) is 0 Å². The van der Waals surface area contributed by atoms with Gasteiger partial charge >= 0.3 is 0 Å². The fraction of sp³-hybridized carbons (Fsp3) is 0.462. The summed E-state index contributed by atoms with van der Waals surface area (Å²) >= 11 is 0. The van der Waals surface area contributed by atoms with E-state index in [9.17, 15) is 9.59 Å². The Bertz CT molecular complexity index is 1030. The number of carbonyl (C=O) groups excluding carboxylic acids is 2. The number of amides is 2. The first-order chi connectivity index (χ1) is 16.6. The van der Waals surface area contributed by atoms with Crippen molar-refractivity contribution < 1.29 is 23.8 Å². The molecule has 0 aliphatic carbocycles. The van der Waals surface area contributed by atoms with Gasteiger partial charge in [-0.15, -0.1) is 0 Å². The van der Waals surface area contributed by atoms with E-state index in [1.54, 1.807) is 12.1 Å². The molecule has 0 unspecified atom stereocenters. The molecule has 3 aliphatic heterocycles. The minimum atomic E-state index is -0.388. The highest BCUT2D eigenvalue weighted by Gasteiger charge is 2.43. The third-order valence-corrected chi connectivity index (χ3v) is 6.68. The Labute approximate surface area is 200 Å². The first-order valence-corrected chi connectivity index (χ1v) is 12.1. The number of carbonyl (C=O) groups is 2. The van der Waals surface area contributed by atoms with Crippen LogP contribution in [0, 0.1) is 0 Å². The van der Waals surface area contributed by atoms with Gasteiger partial charge in [0.05, 0.1) is 24.8 Å². The standard InChI is InChI=1S/C26H31N3O5/c1-2-3-14-32-21-7-5-20(6-8-21)29-25(30)16-22(26(29)31)28-12-10-27(11-13-28)17-19-4-9-23-24(15-19)34-18-33-23/h4-9,15,22H,2-3,10-14,16-18H2,1H3/t22-/m1/s1. The van der Waals surface area contributed by atoms with Gasteiger partial charge in [0, 0.05) is 32.7 Å². The third kappa shape index (κ3) is 4.74. The summed E-state index contributed by atoms with van der Waals surface area (Å²) in [6.45, 7) is 7.08. The number of piperazine rings is 1. The zero-order chi connectivity index (χ0) is 23.5. The highest BCUT2D eigenvalue weighted by Crippen LogP contribution is 2.33. The molecule has 0 spiro atoms. The van der Waals surface area contributed by atoms with Gasteiger partial charge in [-0.25, -0.2) is 4.90 Å². The third-order valence-electron chi connectivity index (χ3n) is 6.68. The van der Waals surface area contributed by atoms with E-state index in [0.29, 0.717) is 12.3 Å². The number of benzene rings is 2. The lowest BCUT2D eigenvalue weighted by molar-refractivity contribution is -0.123. The topological polar surface area (TPSA) is 71.6 Å². The van der Waals surface area contributed by atoms with Gasteiger partial charge in [-0.1, -0.05) is 19.4 Å². The van der Waals surface area contributed by atoms with Crippen molar-refractivity contribution in [2.45, 2.75) is 38.8 Å². The minimum Gasteiger partial charge on any atom is -0.494 e. The number of rotatable bonds is 8. The molecule has 2 aromatic rings. The summed E-state index contributed by atoms with van der Waals surface area (Å²) in [6, 6.07) is 12.9. The van der Waals surface area contributed by atoms with Gasteiger partial charge in [0.1, 0.15) is 5.75 Å². The summed E-state index contributed by atoms with van der Waals surface area (Å²) in [5.74, 6) is 2.07. The van der Waals surface area contributed by atoms with Crippen LogP contribution in [-0.4, -0.2) is 67.2 Å². The predicted octanol–water partition coefficient (Wildman–Crippen LogP) is 3.04. The predicted molar refractivity (Wildman–Crippen MR) is 127 cm³/mol.